The van der Waals surface area contributed by atoms with E-state index in [9.17, 15) is 5.26 Å². The molecule has 1 heterocycles. The van der Waals surface area contributed by atoms with Crippen molar-refractivity contribution in [1.29, 1.82) is 10.5 Å². The van der Waals surface area contributed by atoms with E-state index < -0.39 is 5.41 Å². The smallest absolute Gasteiger partial charge is 0.105 e. The van der Waals surface area contributed by atoms with E-state index in [2.05, 4.69) is 12.1 Å². The molecular weight excluding hydrogens is 224 g/mol. The van der Waals surface area contributed by atoms with E-state index in [0.29, 0.717) is 12.0 Å². The topological polar surface area (TPSA) is 60.7 Å². The Morgan fingerprint density at radius 3 is 2.67 bits per heavy atom. The minimum atomic E-state index is -0.690. The normalized spacial score (nSPS) is 13.3. The molecule has 18 heavy (non-hydrogen) atoms. The van der Waals surface area contributed by atoms with Gasteiger partial charge in [-0.25, -0.2) is 0 Å². The van der Waals surface area contributed by atoms with Crippen molar-refractivity contribution in [1.82, 2.24) is 0 Å². The maximum Gasteiger partial charge on any atom is 0.105 e. The Morgan fingerprint density at radius 2 is 2.06 bits per heavy atom. The molecule has 0 radical (unpaired) electrons. The van der Waals surface area contributed by atoms with Crippen molar-refractivity contribution < 1.29 is 4.42 Å². The van der Waals surface area contributed by atoms with E-state index in [-0.39, 0.29) is 0 Å². The van der Waals surface area contributed by atoms with Gasteiger partial charge in [0.2, 0.25) is 0 Å². The lowest BCUT2D eigenvalue weighted by atomic mass is 9.80. The minimum absolute atomic E-state index is 0.491. The largest absolute Gasteiger partial charge is 0.469 e. The van der Waals surface area contributed by atoms with Gasteiger partial charge in [0.25, 0.3) is 0 Å². The molecule has 0 amide bonds. The van der Waals surface area contributed by atoms with E-state index in [1.807, 2.05) is 19.1 Å². The Hall–Kier alpha value is -2.52. The maximum absolute atomic E-state index is 9.43. The lowest BCUT2D eigenvalue weighted by Crippen LogP contribution is -2.22. The van der Waals surface area contributed by atoms with Crippen molar-refractivity contribution >= 4 is 0 Å². The van der Waals surface area contributed by atoms with Crippen molar-refractivity contribution in [3.05, 3.63) is 59.5 Å². The predicted molar refractivity (Wildman–Crippen MR) is 66.5 cm³/mol. The Morgan fingerprint density at radius 1 is 1.22 bits per heavy atom. The van der Waals surface area contributed by atoms with E-state index in [4.69, 9.17) is 9.68 Å². The number of benzene rings is 1. The van der Waals surface area contributed by atoms with Crippen molar-refractivity contribution in [3.63, 3.8) is 0 Å². The molecule has 0 bridgehead atoms. The number of nitriles is 2. The molecule has 0 spiro atoms. The summed E-state index contributed by atoms with van der Waals surface area (Å²) in [5.41, 5.74) is 0.707. The van der Waals surface area contributed by atoms with Crippen LogP contribution in [-0.2, 0) is 11.8 Å². The molecule has 0 fully saturated rings. The summed E-state index contributed by atoms with van der Waals surface area (Å²) in [6, 6.07) is 15.2. The van der Waals surface area contributed by atoms with Crippen LogP contribution >= 0.6 is 0 Å². The molecule has 0 saturated heterocycles. The summed E-state index contributed by atoms with van der Waals surface area (Å²) in [5, 5.41) is 18.3. The van der Waals surface area contributed by atoms with Crippen molar-refractivity contribution in [3.8, 4) is 12.1 Å². The van der Waals surface area contributed by atoms with E-state index >= 15 is 0 Å². The zero-order chi connectivity index (χ0) is 13.0. The highest BCUT2D eigenvalue weighted by atomic mass is 16.3. The quantitative estimate of drug-likeness (QED) is 0.822. The van der Waals surface area contributed by atoms with E-state index in [1.54, 1.807) is 30.5 Å². The molecule has 1 unspecified atom stereocenters. The minimum Gasteiger partial charge on any atom is -0.469 e. The first-order valence-electron chi connectivity index (χ1n) is 5.62. The zero-order valence-corrected chi connectivity index (χ0v) is 10.1. The Kier molecular flexibility index (Phi) is 3.17. The van der Waals surface area contributed by atoms with Crippen LogP contribution in [0.1, 0.15) is 23.8 Å². The second-order valence-corrected chi connectivity index (χ2v) is 4.39. The average Bonchev–Trinajstić information content (AvgIpc) is 2.91. The molecule has 0 aliphatic carbocycles. The van der Waals surface area contributed by atoms with Crippen LogP contribution in [0.15, 0.2) is 47.1 Å². The Balaban J connectivity index is 2.38. The van der Waals surface area contributed by atoms with Gasteiger partial charge in [0.15, 0.2) is 0 Å². The van der Waals surface area contributed by atoms with Gasteiger partial charge in [0, 0.05) is 6.42 Å². The Labute approximate surface area is 106 Å². The molecule has 0 aliphatic heterocycles. The van der Waals surface area contributed by atoms with E-state index in [1.165, 1.54) is 0 Å². The van der Waals surface area contributed by atoms with Gasteiger partial charge in [-0.05, 0) is 36.8 Å². The molecule has 88 valence electrons. The summed E-state index contributed by atoms with van der Waals surface area (Å²) in [4.78, 5) is 0. The third kappa shape index (κ3) is 2.26. The second-order valence-electron chi connectivity index (χ2n) is 4.39. The average molecular weight is 236 g/mol. The van der Waals surface area contributed by atoms with Crippen LogP contribution in [0.3, 0.4) is 0 Å². The molecule has 0 aliphatic rings. The first kappa shape index (κ1) is 12.0. The van der Waals surface area contributed by atoms with Crippen LogP contribution in [0.5, 0.6) is 0 Å². The van der Waals surface area contributed by atoms with Crippen LogP contribution < -0.4 is 0 Å². The van der Waals surface area contributed by atoms with Crippen LogP contribution in [-0.4, -0.2) is 0 Å². The molecule has 3 heteroatoms. The number of hydrogen-bond donors (Lipinski definition) is 0. The Bertz CT molecular complexity index is 617. The summed E-state index contributed by atoms with van der Waals surface area (Å²) < 4.78 is 5.29. The second kappa shape index (κ2) is 4.77. The molecule has 1 aromatic carbocycles. The van der Waals surface area contributed by atoms with Gasteiger partial charge in [-0.3, -0.25) is 0 Å². The highest BCUT2D eigenvalue weighted by Gasteiger charge is 2.28. The fourth-order valence-electron chi connectivity index (χ4n) is 1.90. The highest BCUT2D eigenvalue weighted by molar-refractivity contribution is 5.40. The first-order valence-corrected chi connectivity index (χ1v) is 5.62. The molecule has 1 aromatic heterocycles. The number of rotatable bonds is 3. The summed E-state index contributed by atoms with van der Waals surface area (Å²) in [7, 11) is 0. The highest BCUT2D eigenvalue weighted by Crippen LogP contribution is 2.28. The monoisotopic (exact) mass is 236 g/mol. The predicted octanol–water partition coefficient (Wildman–Crippen LogP) is 3.18. The van der Waals surface area contributed by atoms with Crippen LogP contribution in [0.25, 0.3) is 0 Å². The third-order valence-electron chi connectivity index (χ3n) is 2.98. The van der Waals surface area contributed by atoms with Crippen LogP contribution in [0.2, 0.25) is 0 Å². The van der Waals surface area contributed by atoms with Crippen molar-refractivity contribution in [2.24, 2.45) is 0 Å². The summed E-state index contributed by atoms with van der Waals surface area (Å²) >= 11 is 0. The maximum atomic E-state index is 9.43. The zero-order valence-electron chi connectivity index (χ0n) is 10.1. The molecule has 1 atom stereocenters. The van der Waals surface area contributed by atoms with Crippen LogP contribution in [0, 0.1) is 22.7 Å². The van der Waals surface area contributed by atoms with Gasteiger partial charge in [-0.15, -0.1) is 0 Å². The summed E-state index contributed by atoms with van der Waals surface area (Å²) in [5.74, 6) is 0.765. The third-order valence-corrected chi connectivity index (χ3v) is 2.98. The lowest BCUT2D eigenvalue weighted by molar-refractivity contribution is 0.462. The SMILES string of the molecule is CC(C#N)(Cc1ccco1)c1cccc(C#N)c1. The van der Waals surface area contributed by atoms with Crippen LogP contribution in [0.4, 0.5) is 0 Å². The molecule has 0 N–H and O–H groups in total. The van der Waals surface area contributed by atoms with Gasteiger partial charge < -0.3 is 4.42 Å². The van der Waals surface area contributed by atoms with Gasteiger partial charge in [-0.1, -0.05) is 12.1 Å². The molecule has 3 nitrogen and oxygen atoms in total. The first-order chi connectivity index (χ1) is 8.68. The fourth-order valence-corrected chi connectivity index (χ4v) is 1.90. The van der Waals surface area contributed by atoms with Gasteiger partial charge in [0.1, 0.15) is 5.76 Å². The van der Waals surface area contributed by atoms with E-state index in [0.717, 1.165) is 11.3 Å². The molecule has 2 rings (SSSR count). The van der Waals surface area contributed by atoms with Crippen molar-refractivity contribution in [2.75, 3.05) is 0 Å². The van der Waals surface area contributed by atoms with Gasteiger partial charge >= 0.3 is 0 Å². The fraction of sp³-hybridized carbons (Fsp3) is 0.200. The summed E-state index contributed by atoms with van der Waals surface area (Å²) in [6.45, 7) is 1.85. The number of furan rings is 1. The lowest BCUT2D eigenvalue weighted by Gasteiger charge is -2.21. The summed E-state index contributed by atoms with van der Waals surface area (Å²) in [6.07, 6.45) is 2.09. The van der Waals surface area contributed by atoms with Crippen molar-refractivity contribution in [2.45, 2.75) is 18.8 Å². The molecular formula is C15H12N2O. The number of hydrogen-bond acceptors (Lipinski definition) is 3. The number of nitrogens with zero attached hydrogens (tertiary/aromatic N) is 2. The standard InChI is InChI=1S/C15H12N2O/c1-15(11-17,9-14-6-3-7-18-14)13-5-2-4-12(8-13)10-16/h2-8H,9H2,1H3. The van der Waals surface area contributed by atoms with Gasteiger partial charge in [-0.2, -0.15) is 10.5 Å². The molecule has 2 aromatic rings. The molecule has 0 saturated carbocycles. The van der Waals surface area contributed by atoms with Gasteiger partial charge in [0.05, 0.1) is 29.4 Å².